The summed E-state index contributed by atoms with van der Waals surface area (Å²) in [5, 5.41) is 0. The van der Waals surface area contributed by atoms with Gasteiger partial charge in [0.25, 0.3) is 0 Å². The Balaban J connectivity index is 2.15. The summed E-state index contributed by atoms with van der Waals surface area (Å²) >= 11 is 0. The standard InChI is InChI=1S/C12H16N2/c13-9-12-6-3-7-14(12)8-10-4-1-2-5-11(10)12/h1-2,4-5H,3,6-9,13H2. The van der Waals surface area contributed by atoms with Crippen LogP contribution in [0.1, 0.15) is 24.0 Å². The summed E-state index contributed by atoms with van der Waals surface area (Å²) in [4.78, 5) is 2.55. The van der Waals surface area contributed by atoms with Crippen LogP contribution in [0.5, 0.6) is 0 Å². The second kappa shape index (κ2) is 2.81. The highest BCUT2D eigenvalue weighted by Crippen LogP contribution is 2.45. The van der Waals surface area contributed by atoms with Crippen molar-refractivity contribution in [1.82, 2.24) is 4.90 Å². The zero-order chi connectivity index (χ0) is 9.60. The van der Waals surface area contributed by atoms with Crippen molar-refractivity contribution >= 4 is 0 Å². The van der Waals surface area contributed by atoms with Crippen molar-refractivity contribution in [2.45, 2.75) is 24.9 Å². The van der Waals surface area contributed by atoms with Crippen molar-refractivity contribution in [3.8, 4) is 0 Å². The van der Waals surface area contributed by atoms with Gasteiger partial charge in [-0.1, -0.05) is 24.3 Å². The maximum absolute atomic E-state index is 5.98. The first-order valence-corrected chi connectivity index (χ1v) is 5.40. The molecule has 1 fully saturated rings. The largest absolute Gasteiger partial charge is 0.328 e. The Morgan fingerprint density at radius 3 is 3.07 bits per heavy atom. The minimum absolute atomic E-state index is 0.191. The molecule has 0 amide bonds. The van der Waals surface area contributed by atoms with E-state index in [1.807, 2.05) is 0 Å². The lowest BCUT2D eigenvalue weighted by Gasteiger charge is -2.31. The molecule has 0 aromatic heterocycles. The number of benzene rings is 1. The zero-order valence-corrected chi connectivity index (χ0v) is 8.37. The molecule has 1 aromatic carbocycles. The van der Waals surface area contributed by atoms with Crippen LogP contribution in [0.4, 0.5) is 0 Å². The first-order chi connectivity index (χ1) is 6.87. The second-order valence-corrected chi connectivity index (χ2v) is 4.42. The van der Waals surface area contributed by atoms with E-state index >= 15 is 0 Å². The first-order valence-electron chi connectivity index (χ1n) is 5.40. The molecule has 0 saturated carbocycles. The third-order valence-corrected chi connectivity index (χ3v) is 3.84. The molecule has 2 heteroatoms. The highest BCUT2D eigenvalue weighted by Gasteiger charge is 2.46. The molecule has 0 bridgehead atoms. The van der Waals surface area contributed by atoms with Gasteiger partial charge in [0, 0.05) is 13.1 Å². The Hall–Kier alpha value is -0.860. The van der Waals surface area contributed by atoms with Crippen LogP contribution in [0.25, 0.3) is 0 Å². The number of hydrogen-bond donors (Lipinski definition) is 1. The van der Waals surface area contributed by atoms with Gasteiger partial charge in [0.1, 0.15) is 0 Å². The van der Waals surface area contributed by atoms with Crippen molar-refractivity contribution in [3.63, 3.8) is 0 Å². The first kappa shape index (κ1) is 8.45. The monoisotopic (exact) mass is 188 g/mol. The summed E-state index contributed by atoms with van der Waals surface area (Å²) in [6.07, 6.45) is 2.53. The lowest BCUT2D eigenvalue weighted by Crippen LogP contribution is -2.42. The molecular weight excluding hydrogens is 172 g/mol. The number of nitrogens with two attached hydrogens (primary N) is 1. The predicted octanol–water partition coefficient (Wildman–Crippen LogP) is 1.45. The minimum Gasteiger partial charge on any atom is -0.328 e. The van der Waals surface area contributed by atoms with Crippen LogP contribution in [0.2, 0.25) is 0 Å². The molecule has 0 spiro atoms. The molecular formula is C12H16N2. The summed E-state index contributed by atoms with van der Waals surface area (Å²) < 4.78 is 0. The average molecular weight is 188 g/mol. The fourth-order valence-electron chi connectivity index (χ4n) is 3.13. The van der Waals surface area contributed by atoms with Crippen LogP contribution in [-0.4, -0.2) is 18.0 Å². The van der Waals surface area contributed by atoms with E-state index in [-0.39, 0.29) is 5.54 Å². The Bertz CT molecular complexity index is 361. The van der Waals surface area contributed by atoms with Crippen LogP contribution in [-0.2, 0) is 12.1 Å². The van der Waals surface area contributed by atoms with Gasteiger partial charge in [-0.2, -0.15) is 0 Å². The Kier molecular flexibility index (Phi) is 1.70. The van der Waals surface area contributed by atoms with Crippen molar-refractivity contribution in [2.24, 2.45) is 5.73 Å². The van der Waals surface area contributed by atoms with Gasteiger partial charge in [-0.15, -0.1) is 0 Å². The van der Waals surface area contributed by atoms with E-state index in [2.05, 4.69) is 29.2 Å². The summed E-state index contributed by atoms with van der Waals surface area (Å²) in [5.41, 5.74) is 9.14. The quantitative estimate of drug-likeness (QED) is 0.722. The molecule has 2 aliphatic heterocycles. The van der Waals surface area contributed by atoms with Crippen LogP contribution in [0, 0.1) is 0 Å². The smallest absolute Gasteiger partial charge is 0.0590 e. The molecule has 0 radical (unpaired) electrons. The third kappa shape index (κ3) is 0.877. The van der Waals surface area contributed by atoms with E-state index in [9.17, 15) is 0 Å². The molecule has 1 atom stereocenters. The second-order valence-electron chi connectivity index (χ2n) is 4.42. The summed E-state index contributed by atoms with van der Waals surface area (Å²) in [6, 6.07) is 8.77. The highest BCUT2D eigenvalue weighted by atomic mass is 15.2. The SMILES string of the molecule is NCC12CCCN1Cc1ccccc12. The van der Waals surface area contributed by atoms with E-state index in [1.165, 1.54) is 30.5 Å². The van der Waals surface area contributed by atoms with Gasteiger partial charge in [-0.3, -0.25) is 4.90 Å². The molecule has 2 N–H and O–H groups in total. The molecule has 1 saturated heterocycles. The Morgan fingerprint density at radius 1 is 1.36 bits per heavy atom. The summed E-state index contributed by atoms with van der Waals surface area (Å²) in [7, 11) is 0. The van der Waals surface area contributed by atoms with E-state index in [4.69, 9.17) is 5.73 Å². The third-order valence-electron chi connectivity index (χ3n) is 3.84. The highest BCUT2D eigenvalue weighted by molar-refractivity contribution is 5.39. The van der Waals surface area contributed by atoms with Crippen molar-refractivity contribution in [2.75, 3.05) is 13.1 Å². The van der Waals surface area contributed by atoms with E-state index in [1.54, 1.807) is 0 Å². The molecule has 74 valence electrons. The van der Waals surface area contributed by atoms with Crippen LogP contribution >= 0.6 is 0 Å². The molecule has 1 aromatic rings. The molecule has 2 aliphatic rings. The topological polar surface area (TPSA) is 29.3 Å². The molecule has 0 aliphatic carbocycles. The summed E-state index contributed by atoms with van der Waals surface area (Å²) in [6.45, 7) is 3.09. The van der Waals surface area contributed by atoms with Gasteiger partial charge >= 0.3 is 0 Å². The van der Waals surface area contributed by atoms with E-state index in [0.29, 0.717) is 0 Å². The Morgan fingerprint density at radius 2 is 2.21 bits per heavy atom. The van der Waals surface area contributed by atoms with Crippen LogP contribution in [0.3, 0.4) is 0 Å². The fraction of sp³-hybridized carbons (Fsp3) is 0.500. The van der Waals surface area contributed by atoms with Gasteiger partial charge in [0.05, 0.1) is 5.54 Å². The molecule has 1 unspecified atom stereocenters. The van der Waals surface area contributed by atoms with Crippen LogP contribution in [0.15, 0.2) is 24.3 Å². The average Bonchev–Trinajstić information content (AvgIpc) is 2.73. The van der Waals surface area contributed by atoms with Crippen molar-refractivity contribution in [3.05, 3.63) is 35.4 Å². The normalized spacial score (nSPS) is 30.4. The van der Waals surface area contributed by atoms with Gasteiger partial charge in [-0.25, -0.2) is 0 Å². The molecule has 2 nitrogen and oxygen atoms in total. The van der Waals surface area contributed by atoms with E-state index in [0.717, 1.165) is 13.1 Å². The molecule has 3 rings (SSSR count). The summed E-state index contributed by atoms with van der Waals surface area (Å²) in [5.74, 6) is 0. The molecule has 14 heavy (non-hydrogen) atoms. The van der Waals surface area contributed by atoms with Crippen molar-refractivity contribution in [1.29, 1.82) is 0 Å². The number of nitrogens with zero attached hydrogens (tertiary/aromatic N) is 1. The number of fused-ring (bicyclic) bond motifs is 3. The van der Waals surface area contributed by atoms with Crippen molar-refractivity contribution < 1.29 is 0 Å². The van der Waals surface area contributed by atoms with Gasteiger partial charge in [0.15, 0.2) is 0 Å². The fourth-order valence-corrected chi connectivity index (χ4v) is 3.13. The lowest BCUT2D eigenvalue weighted by molar-refractivity contribution is 0.165. The maximum atomic E-state index is 5.98. The lowest BCUT2D eigenvalue weighted by atomic mass is 9.88. The maximum Gasteiger partial charge on any atom is 0.0590 e. The molecule has 2 heterocycles. The van der Waals surface area contributed by atoms with E-state index < -0.39 is 0 Å². The number of hydrogen-bond acceptors (Lipinski definition) is 2. The Labute approximate surface area is 84.7 Å². The predicted molar refractivity (Wildman–Crippen MR) is 56.8 cm³/mol. The zero-order valence-electron chi connectivity index (χ0n) is 8.37. The van der Waals surface area contributed by atoms with Gasteiger partial charge in [-0.05, 0) is 30.5 Å². The van der Waals surface area contributed by atoms with Crippen LogP contribution < -0.4 is 5.73 Å². The van der Waals surface area contributed by atoms with Gasteiger partial charge < -0.3 is 5.73 Å². The number of rotatable bonds is 1. The van der Waals surface area contributed by atoms with Gasteiger partial charge in [0.2, 0.25) is 0 Å². The minimum atomic E-state index is 0.191.